The molecule has 0 aliphatic carbocycles. The van der Waals surface area contributed by atoms with Gasteiger partial charge in [-0.05, 0) is 42.7 Å². The molecule has 0 unspecified atom stereocenters. The first-order valence-electron chi connectivity index (χ1n) is 9.49. The van der Waals surface area contributed by atoms with E-state index in [0.29, 0.717) is 24.9 Å². The van der Waals surface area contributed by atoms with Gasteiger partial charge in [0, 0.05) is 30.1 Å². The molecule has 2 amide bonds. The van der Waals surface area contributed by atoms with E-state index in [-0.39, 0.29) is 24.3 Å². The van der Waals surface area contributed by atoms with Gasteiger partial charge in [0.25, 0.3) is 5.91 Å². The van der Waals surface area contributed by atoms with E-state index in [1.165, 1.54) is 6.08 Å². The molecule has 0 aromatic heterocycles. The molecule has 2 N–H and O–H groups in total. The minimum atomic E-state index is -0.469. The Balaban J connectivity index is 1.74. The molecule has 6 nitrogen and oxygen atoms in total. The summed E-state index contributed by atoms with van der Waals surface area (Å²) >= 11 is 0. The molecule has 0 saturated carbocycles. The Morgan fingerprint density at radius 3 is 2.75 bits per heavy atom. The van der Waals surface area contributed by atoms with Crippen LogP contribution in [0.15, 0.2) is 54.6 Å². The fourth-order valence-electron chi connectivity index (χ4n) is 3.33. The van der Waals surface area contributed by atoms with E-state index in [0.717, 1.165) is 10.8 Å². The van der Waals surface area contributed by atoms with Crippen LogP contribution in [0.5, 0.6) is 0 Å². The van der Waals surface area contributed by atoms with Crippen molar-refractivity contribution in [2.24, 2.45) is 5.92 Å². The Morgan fingerprint density at radius 1 is 1.25 bits per heavy atom. The third kappa shape index (κ3) is 4.97. The van der Waals surface area contributed by atoms with Crippen molar-refractivity contribution in [2.75, 3.05) is 13.2 Å². The van der Waals surface area contributed by atoms with Crippen LogP contribution in [0.1, 0.15) is 30.1 Å². The lowest BCUT2D eigenvalue weighted by Gasteiger charge is -2.18. The summed E-state index contributed by atoms with van der Waals surface area (Å²) in [6.07, 6.45) is 4.06. The minimum absolute atomic E-state index is 0.0190. The molecule has 1 heterocycles. The Hall–Kier alpha value is -3.15. The molecule has 6 heteroatoms. The minimum Gasteiger partial charge on any atom is -0.463 e. The summed E-state index contributed by atoms with van der Waals surface area (Å²) in [6.45, 7) is 2.65. The fourth-order valence-corrected chi connectivity index (χ4v) is 3.33. The van der Waals surface area contributed by atoms with Crippen LogP contribution in [0.2, 0.25) is 0 Å². The van der Waals surface area contributed by atoms with Crippen LogP contribution < -0.4 is 10.6 Å². The van der Waals surface area contributed by atoms with Crippen LogP contribution in [0, 0.1) is 5.92 Å². The molecule has 0 radical (unpaired) electrons. The Kier molecular flexibility index (Phi) is 6.42. The van der Waals surface area contributed by atoms with Crippen LogP contribution in [0.4, 0.5) is 0 Å². The summed E-state index contributed by atoms with van der Waals surface area (Å²) < 4.78 is 4.90. The summed E-state index contributed by atoms with van der Waals surface area (Å²) in [7, 11) is 0. The predicted octanol–water partition coefficient (Wildman–Crippen LogP) is 2.58. The van der Waals surface area contributed by atoms with Gasteiger partial charge in [-0.15, -0.1) is 0 Å². The lowest BCUT2D eigenvalue weighted by molar-refractivity contribution is -0.137. The second-order valence-electron chi connectivity index (χ2n) is 6.77. The number of nitrogens with one attached hydrogen (secondary N) is 2. The molecule has 1 saturated heterocycles. The van der Waals surface area contributed by atoms with Crippen LogP contribution in [-0.4, -0.2) is 37.0 Å². The Bertz CT molecular complexity index is 906. The van der Waals surface area contributed by atoms with E-state index in [2.05, 4.69) is 10.6 Å². The van der Waals surface area contributed by atoms with Crippen molar-refractivity contribution in [3.05, 3.63) is 60.2 Å². The van der Waals surface area contributed by atoms with E-state index in [4.69, 9.17) is 4.74 Å². The number of carbonyl (C=O) groups is 3. The largest absolute Gasteiger partial charge is 0.463 e. The average Bonchev–Trinajstić information content (AvgIpc) is 3.10. The summed E-state index contributed by atoms with van der Waals surface area (Å²) in [5.74, 6) is -0.922. The molecule has 3 rings (SSSR count). The lowest BCUT2D eigenvalue weighted by Crippen LogP contribution is -2.36. The highest BCUT2D eigenvalue weighted by atomic mass is 16.5. The van der Waals surface area contributed by atoms with E-state index in [1.54, 1.807) is 19.1 Å². The van der Waals surface area contributed by atoms with Gasteiger partial charge in [0.2, 0.25) is 5.91 Å². The van der Waals surface area contributed by atoms with E-state index in [1.807, 2.05) is 36.4 Å². The maximum absolute atomic E-state index is 12.8. The van der Waals surface area contributed by atoms with Crippen LogP contribution in [0.3, 0.4) is 0 Å². The molecule has 2 aromatic carbocycles. The summed E-state index contributed by atoms with van der Waals surface area (Å²) in [5, 5.41) is 7.76. The zero-order valence-corrected chi connectivity index (χ0v) is 15.8. The molecule has 146 valence electrons. The van der Waals surface area contributed by atoms with Crippen molar-refractivity contribution in [3.63, 3.8) is 0 Å². The highest BCUT2D eigenvalue weighted by Crippen LogP contribution is 2.19. The lowest BCUT2D eigenvalue weighted by atomic mass is 9.97. The smallest absolute Gasteiger partial charge is 0.330 e. The molecule has 0 spiro atoms. The van der Waals surface area contributed by atoms with Crippen molar-refractivity contribution >= 4 is 28.6 Å². The number of fused-ring (bicyclic) bond motifs is 1. The van der Waals surface area contributed by atoms with Gasteiger partial charge in [-0.25, -0.2) is 4.79 Å². The standard InChI is InChI=1S/C22H24N2O4/c1-2-28-20(25)10-9-19(14-18-11-12-23-21(18)26)24-22(27)17-8-7-15-5-3-4-6-16(15)13-17/h3-10,13,18-19H,2,11-12,14H2,1H3,(H,23,26)(H,24,27)/b10-9+/t18-,19-/m1/s1. The monoisotopic (exact) mass is 380 g/mol. The molecule has 1 aliphatic rings. The number of hydrogen-bond donors (Lipinski definition) is 2. The topological polar surface area (TPSA) is 84.5 Å². The molecule has 0 bridgehead atoms. The Labute approximate surface area is 163 Å². The zero-order valence-electron chi connectivity index (χ0n) is 15.8. The first-order chi connectivity index (χ1) is 13.6. The maximum Gasteiger partial charge on any atom is 0.330 e. The molecule has 1 aliphatic heterocycles. The number of esters is 1. The number of rotatable bonds is 7. The second kappa shape index (κ2) is 9.17. The van der Waals surface area contributed by atoms with Crippen molar-refractivity contribution in [1.82, 2.24) is 10.6 Å². The summed E-state index contributed by atoms with van der Waals surface area (Å²) in [6, 6.07) is 12.9. The van der Waals surface area contributed by atoms with E-state index >= 15 is 0 Å². The van der Waals surface area contributed by atoms with Gasteiger partial charge in [-0.2, -0.15) is 0 Å². The first-order valence-corrected chi connectivity index (χ1v) is 9.49. The van der Waals surface area contributed by atoms with Crippen LogP contribution in [0.25, 0.3) is 10.8 Å². The number of amides is 2. The van der Waals surface area contributed by atoms with Gasteiger partial charge in [0.1, 0.15) is 0 Å². The predicted molar refractivity (Wildman–Crippen MR) is 107 cm³/mol. The SMILES string of the molecule is CCOC(=O)/C=C/[C@H](C[C@H]1CCNC1=O)NC(=O)c1ccc2ccccc2c1. The highest BCUT2D eigenvalue weighted by molar-refractivity contribution is 5.99. The van der Waals surface area contributed by atoms with Crippen LogP contribution >= 0.6 is 0 Å². The fraction of sp³-hybridized carbons (Fsp3) is 0.318. The van der Waals surface area contributed by atoms with Gasteiger partial charge in [0.05, 0.1) is 6.61 Å². The third-order valence-corrected chi connectivity index (χ3v) is 4.78. The number of carbonyl (C=O) groups excluding carboxylic acids is 3. The maximum atomic E-state index is 12.8. The zero-order chi connectivity index (χ0) is 19.9. The van der Waals surface area contributed by atoms with Gasteiger partial charge in [-0.3, -0.25) is 9.59 Å². The Morgan fingerprint density at radius 2 is 2.04 bits per heavy atom. The number of ether oxygens (including phenoxy) is 1. The normalized spacial score (nSPS) is 17.5. The van der Waals surface area contributed by atoms with Crippen molar-refractivity contribution in [2.45, 2.75) is 25.8 Å². The van der Waals surface area contributed by atoms with Crippen molar-refractivity contribution < 1.29 is 19.1 Å². The molecule has 28 heavy (non-hydrogen) atoms. The highest BCUT2D eigenvalue weighted by Gasteiger charge is 2.27. The van der Waals surface area contributed by atoms with Gasteiger partial charge < -0.3 is 15.4 Å². The number of benzene rings is 2. The molecular formula is C22H24N2O4. The molecular weight excluding hydrogens is 356 g/mol. The van der Waals surface area contributed by atoms with Crippen LogP contribution in [-0.2, 0) is 14.3 Å². The van der Waals surface area contributed by atoms with Gasteiger partial charge >= 0.3 is 5.97 Å². The summed E-state index contributed by atoms with van der Waals surface area (Å²) in [5.41, 5.74) is 0.532. The van der Waals surface area contributed by atoms with Crippen molar-refractivity contribution in [3.8, 4) is 0 Å². The first kappa shape index (κ1) is 19.6. The second-order valence-corrected chi connectivity index (χ2v) is 6.77. The summed E-state index contributed by atoms with van der Waals surface area (Å²) in [4.78, 5) is 36.3. The van der Waals surface area contributed by atoms with Gasteiger partial charge in [0.15, 0.2) is 0 Å². The third-order valence-electron chi connectivity index (χ3n) is 4.78. The van der Waals surface area contributed by atoms with Crippen molar-refractivity contribution in [1.29, 1.82) is 0 Å². The quantitative estimate of drug-likeness (QED) is 0.571. The molecule has 2 atom stereocenters. The molecule has 1 fully saturated rings. The number of hydrogen-bond acceptors (Lipinski definition) is 4. The molecule has 2 aromatic rings. The average molecular weight is 380 g/mol. The van der Waals surface area contributed by atoms with Gasteiger partial charge in [-0.1, -0.05) is 36.4 Å². The van der Waals surface area contributed by atoms with E-state index < -0.39 is 12.0 Å². The van der Waals surface area contributed by atoms with E-state index in [9.17, 15) is 14.4 Å².